The molecule has 0 aliphatic carbocycles. The lowest BCUT2D eigenvalue weighted by Gasteiger charge is -2.21. The molecule has 1 saturated heterocycles. The van der Waals surface area contributed by atoms with Crippen molar-refractivity contribution < 1.29 is 9.47 Å². The zero-order valence-corrected chi connectivity index (χ0v) is 11.2. The average molecular weight is 251 g/mol. The molecule has 2 heterocycles. The third kappa shape index (κ3) is 2.48. The molecule has 1 aromatic heterocycles. The van der Waals surface area contributed by atoms with Crippen LogP contribution < -0.4 is 10.6 Å². The summed E-state index contributed by atoms with van der Waals surface area (Å²) in [6.45, 7) is 3.54. The lowest BCUT2D eigenvalue weighted by atomic mass is 10.1. The molecule has 5 nitrogen and oxygen atoms in total. The van der Waals surface area contributed by atoms with Crippen molar-refractivity contribution in [1.82, 2.24) is 4.98 Å². The maximum Gasteiger partial charge on any atom is 0.133 e. The molecule has 2 rings (SSSR count). The van der Waals surface area contributed by atoms with Crippen LogP contribution in [-0.2, 0) is 9.47 Å². The summed E-state index contributed by atoms with van der Waals surface area (Å²) >= 11 is 0. The SMILES string of the molecule is COC1CN(c2ncccc2[C@@H](C)N)CC1OC. The minimum atomic E-state index is -0.0312. The molecule has 2 unspecified atom stereocenters. The first-order valence-corrected chi connectivity index (χ1v) is 6.18. The molecule has 1 aliphatic rings. The first-order valence-electron chi connectivity index (χ1n) is 6.18. The first kappa shape index (κ1) is 13.3. The van der Waals surface area contributed by atoms with E-state index in [1.54, 1.807) is 20.4 Å². The summed E-state index contributed by atoms with van der Waals surface area (Å²) in [6, 6.07) is 3.91. The van der Waals surface area contributed by atoms with Crippen molar-refractivity contribution >= 4 is 5.82 Å². The number of rotatable bonds is 4. The van der Waals surface area contributed by atoms with Crippen LogP contribution in [0.1, 0.15) is 18.5 Å². The minimum Gasteiger partial charge on any atom is -0.377 e. The van der Waals surface area contributed by atoms with E-state index in [-0.39, 0.29) is 18.2 Å². The van der Waals surface area contributed by atoms with Crippen molar-refractivity contribution in [3.63, 3.8) is 0 Å². The van der Waals surface area contributed by atoms with Gasteiger partial charge in [-0.05, 0) is 13.0 Å². The van der Waals surface area contributed by atoms with E-state index < -0.39 is 0 Å². The van der Waals surface area contributed by atoms with Gasteiger partial charge >= 0.3 is 0 Å². The monoisotopic (exact) mass is 251 g/mol. The molecule has 0 saturated carbocycles. The summed E-state index contributed by atoms with van der Waals surface area (Å²) in [5.74, 6) is 0.939. The van der Waals surface area contributed by atoms with Crippen LogP contribution >= 0.6 is 0 Å². The smallest absolute Gasteiger partial charge is 0.133 e. The summed E-state index contributed by atoms with van der Waals surface area (Å²) in [5, 5.41) is 0. The Morgan fingerprint density at radius 3 is 2.44 bits per heavy atom. The zero-order chi connectivity index (χ0) is 13.1. The molecule has 0 aromatic carbocycles. The molecule has 100 valence electrons. The molecule has 0 radical (unpaired) electrons. The molecule has 3 atom stereocenters. The Morgan fingerprint density at radius 2 is 1.94 bits per heavy atom. The highest BCUT2D eigenvalue weighted by atomic mass is 16.5. The van der Waals surface area contributed by atoms with Gasteiger partial charge in [0, 0.05) is 45.1 Å². The number of aromatic nitrogens is 1. The second-order valence-corrected chi connectivity index (χ2v) is 4.66. The van der Waals surface area contributed by atoms with Crippen molar-refractivity contribution in [2.75, 3.05) is 32.2 Å². The second-order valence-electron chi connectivity index (χ2n) is 4.66. The fraction of sp³-hybridized carbons (Fsp3) is 0.615. The van der Waals surface area contributed by atoms with Gasteiger partial charge in [-0.2, -0.15) is 0 Å². The number of hydrogen-bond donors (Lipinski definition) is 1. The Morgan fingerprint density at radius 1 is 1.33 bits per heavy atom. The van der Waals surface area contributed by atoms with Crippen LogP contribution in [0.4, 0.5) is 5.82 Å². The third-order valence-electron chi connectivity index (χ3n) is 3.43. The van der Waals surface area contributed by atoms with Crippen LogP contribution in [0.15, 0.2) is 18.3 Å². The highest BCUT2D eigenvalue weighted by Crippen LogP contribution is 2.27. The molecule has 1 aromatic rings. The quantitative estimate of drug-likeness (QED) is 0.863. The Hall–Kier alpha value is -1.17. The second kappa shape index (κ2) is 5.65. The van der Waals surface area contributed by atoms with Gasteiger partial charge in [-0.15, -0.1) is 0 Å². The van der Waals surface area contributed by atoms with Crippen molar-refractivity contribution in [1.29, 1.82) is 0 Å². The van der Waals surface area contributed by atoms with E-state index in [0.29, 0.717) is 0 Å². The molecular formula is C13H21N3O2. The van der Waals surface area contributed by atoms with E-state index >= 15 is 0 Å². The van der Waals surface area contributed by atoms with Crippen LogP contribution in [0.2, 0.25) is 0 Å². The Balaban J connectivity index is 2.23. The lowest BCUT2D eigenvalue weighted by molar-refractivity contribution is -0.00461. The predicted octanol–water partition coefficient (Wildman–Crippen LogP) is 0.951. The summed E-state index contributed by atoms with van der Waals surface area (Å²) in [7, 11) is 3.43. The van der Waals surface area contributed by atoms with Gasteiger partial charge < -0.3 is 20.1 Å². The standard InChI is InChI=1S/C13H21N3O2/c1-9(14)10-5-4-6-15-13(10)16-7-11(17-2)12(8-16)18-3/h4-6,9,11-12H,7-8,14H2,1-3H3/t9-,11?,12?/m1/s1. The molecule has 2 N–H and O–H groups in total. The Labute approximate surface area is 108 Å². The van der Waals surface area contributed by atoms with E-state index in [0.717, 1.165) is 24.5 Å². The number of nitrogens with two attached hydrogens (primary N) is 1. The first-order chi connectivity index (χ1) is 8.67. The van der Waals surface area contributed by atoms with Gasteiger partial charge in [-0.1, -0.05) is 6.07 Å². The van der Waals surface area contributed by atoms with Crippen LogP contribution in [0.5, 0.6) is 0 Å². The molecule has 1 aliphatic heterocycles. The van der Waals surface area contributed by atoms with Crippen LogP contribution in [0.25, 0.3) is 0 Å². The Kier molecular flexibility index (Phi) is 4.16. The summed E-state index contributed by atoms with van der Waals surface area (Å²) in [6.07, 6.45) is 1.96. The fourth-order valence-corrected chi connectivity index (χ4v) is 2.40. The summed E-state index contributed by atoms with van der Waals surface area (Å²) in [4.78, 5) is 6.64. The summed E-state index contributed by atoms with van der Waals surface area (Å²) < 4.78 is 10.9. The normalized spacial score (nSPS) is 25.4. The summed E-state index contributed by atoms with van der Waals surface area (Å²) in [5.41, 5.74) is 7.05. The van der Waals surface area contributed by atoms with Crippen LogP contribution in [0, 0.1) is 0 Å². The van der Waals surface area contributed by atoms with Gasteiger partial charge in [0.2, 0.25) is 0 Å². The number of anilines is 1. The van der Waals surface area contributed by atoms with E-state index in [9.17, 15) is 0 Å². The molecule has 0 bridgehead atoms. The maximum absolute atomic E-state index is 5.99. The fourth-order valence-electron chi connectivity index (χ4n) is 2.40. The molecular weight excluding hydrogens is 230 g/mol. The van der Waals surface area contributed by atoms with E-state index in [2.05, 4.69) is 9.88 Å². The number of nitrogens with zero attached hydrogens (tertiary/aromatic N) is 2. The van der Waals surface area contributed by atoms with Crippen molar-refractivity contribution in [2.24, 2.45) is 5.73 Å². The molecule has 1 fully saturated rings. The molecule has 0 amide bonds. The largest absolute Gasteiger partial charge is 0.377 e. The number of ether oxygens (including phenoxy) is 2. The van der Waals surface area contributed by atoms with Gasteiger partial charge in [0.25, 0.3) is 0 Å². The van der Waals surface area contributed by atoms with Crippen molar-refractivity contribution in [2.45, 2.75) is 25.2 Å². The van der Waals surface area contributed by atoms with Crippen LogP contribution in [-0.4, -0.2) is 44.5 Å². The zero-order valence-electron chi connectivity index (χ0n) is 11.2. The number of pyridine rings is 1. The van der Waals surface area contributed by atoms with E-state index in [4.69, 9.17) is 15.2 Å². The van der Waals surface area contributed by atoms with Gasteiger partial charge in [0.15, 0.2) is 0 Å². The third-order valence-corrected chi connectivity index (χ3v) is 3.43. The van der Waals surface area contributed by atoms with Gasteiger partial charge in [0.05, 0.1) is 0 Å². The molecule has 18 heavy (non-hydrogen) atoms. The van der Waals surface area contributed by atoms with Gasteiger partial charge in [0.1, 0.15) is 18.0 Å². The predicted molar refractivity (Wildman–Crippen MR) is 70.6 cm³/mol. The van der Waals surface area contributed by atoms with Gasteiger partial charge in [-0.3, -0.25) is 0 Å². The lowest BCUT2D eigenvalue weighted by Crippen LogP contribution is -2.27. The number of methoxy groups -OCH3 is 2. The minimum absolute atomic E-state index is 0.0312. The molecule has 5 heteroatoms. The topological polar surface area (TPSA) is 60.6 Å². The maximum atomic E-state index is 5.99. The van der Waals surface area contributed by atoms with E-state index in [1.807, 2.05) is 19.1 Å². The number of hydrogen-bond acceptors (Lipinski definition) is 5. The average Bonchev–Trinajstić information content (AvgIpc) is 2.81. The van der Waals surface area contributed by atoms with Crippen molar-refractivity contribution in [3.8, 4) is 0 Å². The van der Waals surface area contributed by atoms with Gasteiger partial charge in [-0.25, -0.2) is 4.98 Å². The highest BCUT2D eigenvalue weighted by molar-refractivity contribution is 5.49. The Bertz CT molecular complexity index is 386. The van der Waals surface area contributed by atoms with Crippen LogP contribution in [0.3, 0.4) is 0 Å². The highest BCUT2D eigenvalue weighted by Gasteiger charge is 2.34. The molecule has 0 spiro atoms. The van der Waals surface area contributed by atoms with Crippen molar-refractivity contribution in [3.05, 3.63) is 23.9 Å². The van der Waals surface area contributed by atoms with E-state index in [1.165, 1.54) is 0 Å².